The SMILES string of the molecule is Cc1cc2c3c(c1)-n1c4c(cccc4c4sc5ccccc5c41)B3c1ccc(N(c3ccc(C(C)(C)C)cc3)c3ccc(C(C)(C)C)cc3)cc1N2c1cc2c(cc1C)C(C)(C)CCC2(C)C. The molecule has 12 rings (SSSR count). The number of nitrogens with zero attached hydrogens (tertiary/aromatic N) is 3. The van der Waals surface area contributed by atoms with Crippen LogP contribution < -0.4 is 26.2 Å². The van der Waals surface area contributed by atoms with Gasteiger partial charge in [-0.05, 0) is 159 Å². The molecule has 0 fully saturated rings. The predicted octanol–water partition coefficient (Wildman–Crippen LogP) is 15.6. The van der Waals surface area contributed by atoms with Crippen LogP contribution in [0.2, 0.25) is 0 Å². The second-order valence-electron chi connectivity index (χ2n) is 23.5. The molecule has 0 unspecified atom stereocenters. The number of anilines is 6. The number of benzene rings is 7. The highest BCUT2D eigenvalue weighted by molar-refractivity contribution is 7.26. The Labute approximate surface area is 402 Å². The number of rotatable bonds is 4. The Bertz CT molecular complexity index is 3460. The quantitative estimate of drug-likeness (QED) is 0.163. The van der Waals surface area contributed by atoms with Gasteiger partial charge in [-0.25, -0.2) is 0 Å². The van der Waals surface area contributed by atoms with E-state index in [2.05, 4.69) is 231 Å². The summed E-state index contributed by atoms with van der Waals surface area (Å²) in [6.45, 7) is 28.3. The lowest BCUT2D eigenvalue weighted by atomic mass is 9.33. The van der Waals surface area contributed by atoms with Crippen molar-refractivity contribution in [2.24, 2.45) is 0 Å². The number of fused-ring (bicyclic) bond motifs is 10. The van der Waals surface area contributed by atoms with Gasteiger partial charge >= 0.3 is 0 Å². The van der Waals surface area contributed by atoms with Crippen molar-refractivity contribution in [2.45, 2.75) is 118 Å². The van der Waals surface area contributed by atoms with Crippen LogP contribution in [0.5, 0.6) is 0 Å². The third-order valence-corrected chi connectivity index (χ3v) is 17.1. The van der Waals surface area contributed by atoms with Crippen LogP contribution in [0.1, 0.15) is 115 Å². The minimum atomic E-state index is 0.0514. The van der Waals surface area contributed by atoms with E-state index >= 15 is 0 Å². The van der Waals surface area contributed by atoms with Gasteiger partial charge in [0, 0.05) is 55.3 Å². The average molecular weight is 892 g/mol. The third-order valence-electron chi connectivity index (χ3n) is 15.9. The van der Waals surface area contributed by atoms with E-state index in [9.17, 15) is 0 Å². The smallest absolute Gasteiger partial charge is 0.252 e. The fourth-order valence-electron chi connectivity index (χ4n) is 12.0. The van der Waals surface area contributed by atoms with Crippen LogP contribution in [-0.4, -0.2) is 11.3 Å². The van der Waals surface area contributed by atoms with Gasteiger partial charge in [-0.2, -0.15) is 0 Å². The molecular formula is C62H62BN3S. The zero-order chi connectivity index (χ0) is 46.7. The van der Waals surface area contributed by atoms with Gasteiger partial charge in [-0.15, -0.1) is 11.3 Å². The van der Waals surface area contributed by atoms with Gasteiger partial charge in [-0.1, -0.05) is 142 Å². The standard InChI is InChI=1S/C62H62BN3S/c1-37-32-52-55-53(33-37)66-56-45(58-57(66)44-16-13-14-19-54(44)67-58)17-15-18-49(56)63(55)48-29-28-43(35-51(48)65(52)50-36-47-46(34-38(50)2)61(9,10)30-31-62(47,11)12)64(41-24-20-39(21-25-41)59(3,4)5)42-26-22-40(23-27-42)60(6,7)8/h13-29,32-36H,30-31H2,1-12H3. The fraction of sp³-hybridized carbons (Fsp3) is 0.290. The lowest BCUT2D eigenvalue weighted by Crippen LogP contribution is -2.60. The van der Waals surface area contributed by atoms with Gasteiger partial charge in [0.05, 0.1) is 15.7 Å². The molecular weight excluding hydrogens is 830 g/mol. The maximum absolute atomic E-state index is 2.68. The van der Waals surface area contributed by atoms with Crippen molar-refractivity contribution in [3.63, 3.8) is 0 Å². The molecule has 1 aliphatic carbocycles. The van der Waals surface area contributed by atoms with Crippen molar-refractivity contribution in [2.75, 3.05) is 9.80 Å². The highest BCUT2D eigenvalue weighted by Crippen LogP contribution is 2.52. The first-order valence-electron chi connectivity index (χ1n) is 24.5. The molecule has 0 atom stereocenters. The highest BCUT2D eigenvalue weighted by atomic mass is 32.1. The molecule has 67 heavy (non-hydrogen) atoms. The molecule has 9 aromatic rings. The molecule has 0 spiro atoms. The number of hydrogen-bond donors (Lipinski definition) is 0. The summed E-state index contributed by atoms with van der Waals surface area (Å²) in [5.74, 6) is 0. The molecule has 0 saturated carbocycles. The minimum absolute atomic E-state index is 0.0514. The van der Waals surface area contributed by atoms with Crippen LogP contribution in [0.4, 0.5) is 34.1 Å². The second kappa shape index (κ2) is 14.2. The molecule has 5 heteroatoms. The summed E-state index contributed by atoms with van der Waals surface area (Å²) in [4.78, 5) is 5.15. The van der Waals surface area contributed by atoms with Crippen molar-refractivity contribution in [3.8, 4) is 5.69 Å². The Morgan fingerprint density at radius 3 is 1.76 bits per heavy atom. The van der Waals surface area contributed by atoms with Crippen LogP contribution in [0.15, 0.2) is 133 Å². The third kappa shape index (κ3) is 6.29. The van der Waals surface area contributed by atoms with Gasteiger partial charge in [0.1, 0.15) is 0 Å². The van der Waals surface area contributed by atoms with Gasteiger partial charge in [0.25, 0.3) is 6.71 Å². The molecule has 3 nitrogen and oxygen atoms in total. The summed E-state index contributed by atoms with van der Waals surface area (Å²) in [5, 5.41) is 2.68. The minimum Gasteiger partial charge on any atom is -0.311 e. The largest absolute Gasteiger partial charge is 0.311 e. The van der Waals surface area contributed by atoms with Gasteiger partial charge in [0.2, 0.25) is 0 Å². The van der Waals surface area contributed by atoms with E-state index in [-0.39, 0.29) is 28.4 Å². The number of thiophene rings is 1. The molecule has 2 aliphatic heterocycles. The van der Waals surface area contributed by atoms with E-state index in [1.54, 1.807) is 0 Å². The molecule has 0 saturated heterocycles. The maximum atomic E-state index is 2.68. The van der Waals surface area contributed by atoms with E-state index in [4.69, 9.17) is 0 Å². The second-order valence-corrected chi connectivity index (χ2v) is 24.5. The maximum Gasteiger partial charge on any atom is 0.252 e. The number of aromatic nitrogens is 1. The molecule has 7 aromatic carbocycles. The summed E-state index contributed by atoms with van der Waals surface area (Å²) >= 11 is 1.94. The zero-order valence-electron chi connectivity index (χ0n) is 41.4. The normalized spacial score (nSPS) is 15.8. The molecule has 0 amide bonds. The molecule has 2 aromatic heterocycles. The fourth-order valence-corrected chi connectivity index (χ4v) is 13.3. The van der Waals surface area contributed by atoms with Crippen LogP contribution in [0, 0.1) is 13.8 Å². The monoisotopic (exact) mass is 891 g/mol. The summed E-state index contributed by atoms with van der Waals surface area (Å²) in [5.41, 5.74) is 23.8. The van der Waals surface area contributed by atoms with Gasteiger partial charge in [0.15, 0.2) is 0 Å². The molecule has 3 aliphatic rings. The lowest BCUT2D eigenvalue weighted by molar-refractivity contribution is 0.332. The molecule has 0 bridgehead atoms. The van der Waals surface area contributed by atoms with Gasteiger partial charge in [-0.3, -0.25) is 0 Å². The van der Waals surface area contributed by atoms with Crippen molar-refractivity contribution < 1.29 is 0 Å². The highest BCUT2D eigenvalue weighted by Gasteiger charge is 2.44. The summed E-state index contributed by atoms with van der Waals surface area (Å²) < 4.78 is 5.36. The predicted molar refractivity (Wildman–Crippen MR) is 292 cm³/mol. The molecule has 0 N–H and O–H groups in total. The average Bonchev–Trinajstić information content (AvgIpc) is 3.82. The van der Waals surface area contributed by atoms with Crippen LogP contribution >= 0.6 is 11.3 Å². The Hall–Kier alpha value is -6.04. The van der Waals surface area contributed by atoms with Crippen molar-refractivity contribution in [1.29, 1.82) is 0 Å². The topological polar surface area (TPSA) is 11.4 Å². The first-order chi connectivity index (χ1) is 31.8. The van der Waals surface area contributed by atoms with Crippen molar-refractivity contribution in [3.05, 3.63) is 167 Å². The van der Waals surface area contributed by atoms with Crippen molar-refractivity contribution in [1.82, 2.24) is 4.57 Å². The Morgan fingerprint density at radius 2 is 1.12 bits per heavy atom. The van der Waals surface area contributed by atoms with Crippen LogP contribution in [-0.2, 0) is 21.7 Å². The van der Waals surface area contributed by atoms with E-state index in [0.29, 0.717) is 0 Å². The number of para-hydroxylation sites is 1. The molecule has 334 valence electrons. The Morgan fingerprint density at radius 1 is 0.537 bits per heavy atom. The number of aryl methyl sites for hydroxylation is 2. The zero-order valence-corrected chi connectivity index (χ0v) is 42.3. The first kappa shape index (κ1) is 42.3. The van der Waals surface area contributed by atoms with E-state index in [1.165, 1.54) is 117 Å². The summed E-state index contributed by atoms with van der Waals surface area (Å²) in [7, 11) is 0. The first-order valence-corrected chi connectivity index (χ1v) is 25.3. The molecule has 0 radical (unpaired) electrons. The van der Waals surface area contributed by atoms with Crippen LogP contribution in [0.3, 0.4) is 0 Å². The lowest BCUT2D eigenvalue weighted by Gasteiger charge is -2.45. The Kier molecular flexibility index (Phi) is 9.00. The summed E-state index contributed by atoms with van der Waals surface area (Å²) in [6, 6.07) is 52.2. The molecule has 4 heterocycles. The Balaban J connectivity index is 1.17. The number of hydrogen-bond acceptors (Lipinski definition) is 3. The van der Waals surface area contributed by atoms with Gasteiger partial charge < -0.3 is 14.4 Å². The summed E-state index contributed by atoms with van der Waals surface area (Å²) in [6.07, 6.45) is 2.36. The van der Waals surface area contributed by atoms with Crippen LogP contribution in [0.25, 0.3) is 36.9 Å². The van der Waals surface area contributed by atoms with E-state index in [1.807, 2.05) is 11.3 Å². The van der Waals surface area contributed by atoms with Crippen molar-refractivity contribution >= 4 is 99.8 Å². The van der Waals surface area contributed by atoms with E-state index < -0.39 is 0 Å². The van der Waals surface area contributed by atoms with E-state index in [0.717, 1.165) is 17.1 Å².